The average molecular weight is 308 g/mol. The molecule has 0 spiro atoms. The molecular formula is C19H20N2O2. The Morgan fingerprint density at radius 2 is 1.96 bits per heavy atom. The van der Waals surface area contributed by atoms with Crippen LogP contribution in [0.4, 0.5) is 4.79 Å². The number of rotatable bonds is 4. The van der Waals surface area contributed by atoms with Crippen LogP contribution in [0.3, 0.4) is 0 Å². The topological polar surface area (TPSA) is 50.4 Å². The van der Waals surface area contributed by atoms with Crippen molar-refractivity contribution in [3.8, 4) is 5.75 Å². The normalized spacial score (nSPS) is 23.6. The predicted molar refractivity (Wildman–Crippen MR) is 88.5 cm³/mol. The second-order valence-electron chi connectivity index (χ2n) is 6.29. The van der Waals surface area contributed by atoms with Crippen LogP contribution in [0.15, 0.2) is 48.5 Å². The Kier molecular flexibility index (Phi) is 3.45. The molecule has 4 heteroatoms. The summed E-state index contributed by atoms with van der Waals surface area (Å²) in [6.45, 7) is 0.522. The number of amides is 2. The lowest BCUT2D eigenvalue weighted by molar-refractivity contribution is 0.239. The molecule has 0 heterocycles. The molecule has 4 nitrogen and oxygen atoms in total. The Morgan fingerprint density at radius 1 is 1.17 bits per heavy atom. The molecule has 0 unspecified atom stereocenters. The van der Waals surface area contributed by atoms with E-state index in [4.69, 9.17) is 4.74 Å². The molecule has 0 saturated heterocycles. The summed E-state index contributed by atoms with van der Waals surface area (Å²) >= 11 is 0. The van der Waals surface area contributed by atoms with Crippen LogP contribution in [0.5, 0.6) is 5.75 Å². The van der Waals surface area contributed by atoms with Crippen molar-refractivity contribution >= 4 is 6.03 Å². The minimum atomic E-state index is -0.0855. The van der Waals surface area contributed by atoms with Crippen LogP contribution in [-0.2, 0) is 13.0 Å². The molecule has 0 bridgehead atoms. The van der Waals surface area contributed by atoms with Gasteiger partial charge in [-0.2, -0.15) is 0 Å². The fourth-order valence-corrected chi connectivity index (χ4v) is 3.68. The van der Waals surface area contributed by atoms with Gasteiger partial charge in [-0.3, -0.25) is 0 Å². The van der Waals surface area contributed by atoms with Gasteiger partial charge in [-0.25, -0.2) is 4.79 Å². The van der Waals surface area contributed by atoms with E-state index >= 15 is 0 Å². The maximum absolute atomic E-state index is 12.1. The number of carbonyl (C=O) groups excluding carboxylic acids is 1. The van der Waals surface area contributed by atoms with E-state index in [1.54, 1.807) is 7.11 Å². The molecule has 23 heavy (non-hydrogen) atoms. The van der Waals surface area contributed by atoms with Crippen LogP contribution in [0.25, 0.3) is 0 Å². The Balaban J connectivity index is 1.29. The van der Waals surface area contributed by atoms with Gasteiger partial charge in [-0.05, 0) is 41.2 Å². The maximum Gasteiger partial charge on any atom is 0.315 e. The molecule has 2 amide bonds. The minimum absolute atomic E-state index is 0.0855. The van der Waals surface area contributed by atoms with Crippen molar-refractivity contribution in [3.63, 3.8) is 0 Å². The summed E-state index contributed by atoms with van der Waals surface area (Å²) in [4.78, 5) is 12.1. The maximum atomic E-state index is 12.1. The first-order valence-electron chi connectivity index (χ1n) is 8.01. The third-order valence-corrected chi connectivity index (χ3v) is 4.95. The van der Waals surface area contributed by atoms with Crippen molar-refractivity contribution in [2.24, 2.45) is 5.92 Å². The van der Waals surface area contributed by atoms with Crippen molar-refractivity contribution in [2.45, 2.75) is 24.9 Å². The third kappa shape index (κ3) is 2.65. The second kappa shape index (κ2) is 5.61. The van der Waals surface area contributed by atoms with E-state index in [1.807, 2.05) is 24.3 Å². The van der Waals surface area contributed by atoms with Gasteiger partial charge in [0, 0.05) is 18.5 Å². The summed E-state index contributed by atoms with van der Waals surface area (Å²) in [6.07, 6.45) is 1.09. The molecule has 2 aliphatic carbocycles. The zero-order chi connectivity index (χ0) is 15.8. The highest BCUT2D eigenvalue weighted by Gasteiger charge is 2.56. The van der Waals surface area contributed by atoms with Crippen molar-refractivity contribution in [3.05, 3.63) is 65.2 Å². The van der Waals surface area contributed by atoms with E-state index in [2.05, 4.69) is 34.9 Å². The SMILES string of the molecule is COc1ccc(CNC(=O)N[C@@H]2[C@@H]3Cc4ccccc4[C@@H]32)cc1. The molecule has 118 valence electrons. The summed E-state index contributed by atoms with van der Waals surface area (Å²) in [5.74, 6) is 1.92. The minimum Gasteiger partial charge on any atom is -0.497 e. The molecule has 2 aromatic carbocycles. The van der Waals surface area contributed by atoms with Crippen molar-refractivity contribution in [1.29, 1.82) is 0 Å². The van der Waals surface area contributed by atoms with E-state index in [0.29, 0.717) is 24.4 Å². The summed E-state index contributed by atoms with van der Waals surface area (Å²) < 4.78 is 5.13. The molecule has 0 aromatic heterocycles. The Labute approximate surface area is 135 Å². The molecule has 0 radical (unpaired) electrons. The molecule has 2 N–H and O–H groups in total. The predicted octanol–water partition coefficient (Wildman–Crippen LogP) is 2.83. The van der Waals surface area contributed by atoms with E-state index in [-0.39, 0.29) is 6.03 Å². The number of urea groups is 1. The van der Waals surface area contributed by atoms with E-state index < -0.39 is 0 Å². The van der Waals surface area contributed by atoms with Crippen LogP contribution in [-0.4, -0.2) is 19.2 Å². The van der Waals surface area contributed by atoms with Gasteiger partial charge in [0.25, 0.3) is 0 Å². The van der Waals surface area contributed by atoms with Crippen LogP contribution < -0.4 is 15.4 Å². The van der Waals surface area contributed by atoms with Gasteiger partial charge in [0.1, 0.15) is 5.75 Å². The number of nitrogens with one attached hydrogen (secondary N) is 2. The lowest BCUT2D eigenvalue weighted by atomic mass is 10.1. The number of ether oxygens (including phenoxy) is 1. The van der Waals surface area contributed by atoms with E-state index in [1.165, 1.54) is 11.1 Å². The van der Waals surface area contributed by atoms with Gasteiger partial charge in [-0.1, -0.05) is 36.4 Å². The molecule has 2 aliphatic rings. The van der Waals surface area contributed by atoms with Crippen LogP contribution in [0.2, 0.25) is 0 Å². The first-order chi connectivity index (χ1) is 11.3. The quantitative estimate of drug-likeness (QED) is 0.912. The summed E-state index contributed by atoms with van der Waals surface area (Å²) in [5, 5.41) is 6.05. The first kappa shape index (κ1) is 14.1. The molecule has 0 aliphatic heterocycles. The molecule has 1 saturated carbocycles. The fraction of sp³-hybridized carbons (Fsp3) is 0.316. The Hall–Kier alpha value is -2.49. The Bertz CT molecular complexity index is 726. The van der Waals surface area contributed by atoms with Gasteiger partial charge in [0.05, 0.1) is 7.11 Å². The number of benzene rings is 2. The monoisotopic (exact) mass is 308 g/mol. The van der Waals surface area contributed by atoms with Gasteiger partial charge in [-0.15, -0.1) is 0 Å². The summed E-state index contributed by atoms with van der Waals surface area (Å²) in [6, 6.07) is 16.5. The fourth-order valence-electron chi connectivity index (χ4n) is 3.68. The highest BCUT2D eigenvalue weighted by molar-refractivity contribution is 5.75. The molecule has 1 fully saturated rings. The van der Waals surface area contributed by atoms with E-state index in [9.17, 15) is 4.79 Å². The zero-order valence-corrected chi connectivity index (χ0v) is 13.1. The van der Waals surface area contributed by atoms with Gasteiger partial charge < -0.3 is 15.4 Å². The number of methoxy groups -OCH3 is 1. The summed E-state index contributed by atoms with van der Waals surface area (Å²) in [5.41, 5.74) is 3.92. The van der Waals surface area contributed by atoms with E-state index in [0.717, 1.165) is 17.7 Å². The van der Waals surface area contributed by atoms with Crippen molar-refractivity contribution < 1.29 is 9.53 Å². The molecule has 2 aromatic rings. The highest BCUT2D eigenvalue weighted by atomic mass is 16.5. The van der Waals surface area contributed by atoms with Crippen LogP contribution >= 0.6 is 0 Å². The number of fused-ring (bicyclic) bond motifs is 3. The second-order valence-corrected chi connectivity index (χ2v) is 6.29. The van der Waals surface area contributed by atoms with Gasteiger partial charge >= 0.3 is 6.03 Å². The lowest BCUT2D eigenvalue weighted by Crippen LogP contribution is -2.38. The van der Waals surface area contributed by atoms with Crippen molar-refractivity contribution in [1.82, 2.24) is 10.6 Å². The first-order valence-corrected chi connectivity index (χ1v) is 8.01. The number of hydrogen-bond acceptors (Lipinski definition) is 2. The largest absolute Gasteiger partial charge is 0.497 e. The molecule has 4 rings (SSSR count). The molecule has 3 atom stereocenters. The number of carbonyl (C=O) groups is 1. The smallest absolute Gasteiger partial charge is 0.315 e. The Morgan fingerprint density at radius 3 is 2.74 bits per heavy atom. The third-order valence-electron chi connectivity index (χ3n) is 4.95. The van der Waals surface area contributed by atoms with Crippen LogP contribution in [0.1, 0.15) is 22.6 Å². The zero-order valence-electron chi connectivity index (χ0n) is 13.1. The lowest BCUT2D eigenvalue weighted by Gasteiger charge is -2.11. The molecular weight excluding hydrogens is 288 g/mol. The van der Waals surface area contributed by atoms with Crippen LogP contribution in [0, 0.1) is 5.92 Å². The highest BCUT2D eigenvalue weighted by Crippen LogP contribution is 2.56. The standard InChI is InChI=1S/C19H20N2O2/c1-23-14-8-6-12(7-9-14)11-20-19(22)21-18-16-10-13-4-2-3-5-15(13)17(16)18/h2-9,16-18H,10-11H2,1H3,(H2,20,21,22)/t16-,17+,18-/m1/s1. The number of hydrogen-bond donors (Lipinski definition) is 2. The average Bonchev–Trinajstić information content (AvgIpc) is 3.10. The summed E-state index contributed by atoms with van der Waals surface area (Å²) in [7, 11) is 1.64. The van der Waals surface area contributed by atoms with Gasteiger partial charge in [0.15, 0.2) is 0 Å². The van der Waals surface area contributed by atoms with Crippen molar-refractivity contribution in [2.75, 3.05) is 7.11 Å². The van der Waals surface area contributed by atoms with Gasteiger partial charge in [0.2, 0.25) is 0 Å².